The number of nitrogens with zero attached hydrogens (tertiary/aromatic N) is 3. The van der Waals surface area contributed by atoms with Gasteiger partial charge in [-0.1, -0.05) is 0 Å². The standard InChI is InChI=1S/C14H24N4O2S/c1-17(2)13(19)9-16-14(15-6-7-20-4)18(3)10-12-5-8-21-11-12/h5,8,11H,6-7,9-10H2,1-4H3,(H,15,16). The lowest BCUT2D eigenvalue weighted by molar-refractivity contribution is -0.127. The second-order valence-electron chi connectivity index (χ2n) is 4.84. The largest absolute Gasteiger partial charge is 0.383 e. The topological polar surface area (TPSA) is 57.2 Å². The van der Waals surface area contributed by atoms with Crippen LogP contribution in [0.3, 0.4) is 0 Å². The molecule has 118 valence electrons. The molecule has 21 heavy (non-hydrogen) atoms. The van der Waals surface area contributed by atoms with Crippen LogP contribution >= 0.6 is 11.3 Å². The predicted octanol–water partition coefficient (Wildman–Crippen LogP) is 0.860. The van der Waals surface area contributed by atoms with Crippen molar-refractivity contribution < 1.29 is 9.53 Å². The molecule has 0 radical (unpaired) electrons. The molecule has 1 aromatic heterocycles. The van der Waals surface area contributed by atoms with Crippen LogP contribution in [0.15, 0.2) is 21.8 Å². The van der Waals surface area contributed by atoms with E-state index in [9.17, 15) is 4.79 Å². The maximum absolute atomic E-state index is 11.7. The van der Waals surface area contributed by atoms with Gasteiger partial charge in [0.15, 0.2) is 5.96 Å². The monoisotopic (exact) mass is 312 g/mol. The van der Waals surface area contributed by atoms with Crippen LogP contribution in [-0.4, -0.2) is 69.6 Å². The Bertz CT molecular complexity index is 446. The van der Waals surface area contributed by atoms with E-state index in [4.69, 9.17) is 4.74 Å². The van der Waals surface area contributed by atoms with Crippen molar-refractivity contribution in [1.82, 2.24) is 15.1 Å². The van der Waals surface area contributed by atoms with E-state index >= 15 is 0 Å². The van der Waals surface area contributed by atoms with Crippen molar-refractivity contribution in [3.8, 4) is 0 Å². The van der Waals surface area contributed by atoms with Gasteiger partial charge in [0.25, 0.3) is 0 Å². The highest BCUT2D eigenvalue weighted by molar-refractivity contribution is 7.07. The fourth-order valence-corrected chi connectivity index (χ4v) is 2.25. The highest BCUT2D eigenvalue weighted by atomic mass is 32.1. The van der Waals surface area contributed by atoms with E-state index in [2.05, 4.69) is 21.8 Å². The normalized spacial score (nSPS) is 11.3. The number of rotatable bonds is 7. The summed E-state index contributed by atoms with van der Waals surface area (Å²) in [7, 11) is 7.06. The van der Waals surface area contributed by atoms with Gasteiger partial charge in [-0.25, -0.2) is 4.99 Å². The zero-order chi connectivity index (χ0) is 15.7. The first-order chi connectivity index (χ1) is 10.0. The summed E-state index contributed by atoms with van der Waals surface area (Å²) in [6.07, 6.45) is 0. The maximum atomic E-state index is 11.7. The molecule has 1 amide bonds. The van der Waals surface area contributed by atoms with E-state index in [1.807, 2.05) is 17.3 Å². The highest BCUT2D eigenvalue weighted by Gasteiger charge is 2.09. The average molecular weight is 312 g/mol. The molecule has 1 N–H and O–H groups in total. The second kappa shape index (κ2) is 9.36. The number of nitrogens with one attached hydrogen (secondary N) is 1. The van der Waals surface area contributed by atoms with Gasteiger partial charge in [-0.15, -0.1) is 0 Å². The molecule has 0 spiro atoms. The number of hydrogen-bond acceptors (Lipinski definition) is 4. The molecule has 6 nitrogen and oxygen atoms in total. The Hall–Kier alpha value is -1.60. The molecule has 0 unspecified atom stereocenters. The van der Waals surface area contributed by atoms with Gasteiger partial charge in [-0.3, -0.25) is 4.79 Å². The number of carbonyl (C=O) groups excluding carboxylic acids is 1. The number of guanidine groups is 1. The van der Waals surface area contributed by atoms with Crippen molar-refractivity contribution in [1.29, 1.82) is 0 Å². The van der Waals surface area contributed by atoms with E-state index < -0.39 is 0 Å². The third kappa shape index (κ3) is 6.59. The quantitative estimate of drug-likeness (QED) is 0.461. The SMILES string of the molecule is COCCNC(=NCC(=O)N(C)C)N(C)Cc1ccsc1. The van der Waals surface area contributed by atoms with Crippen LogP contribution in [0.25, 0.3) is 0 Å². The molecule has 0 saturated carbocycles. The average Bonchev–Trinajstić information content (AvgIpc) is 2.94. The lowest BCUT2D eigenvalue weighted by Crippen LogP contribution is -2.40. The zero-order valence-corrected chi connectivity index (χ0v) is 13.9. The van der Waals surface area contributed by atoms with Crippen molar-refractivity contribution in [2.45, 2.75) is 6.54 Å². The summed E-state index contributed by atoms with van der Waals surface area (Å²) in [5.41, 5.74) is 1.22. The van der Waals surface area contributed by atoms with Crippen molar-refractivity contribution in [3.63, 3.8) is 0 Å². The molecule has 0 aliphatic carbocycles. The fourth-order valence-electron chi connectivity index (χ4n) is 1.59. The first-order valence-electron chi connectivity index (χ1n) is 6.74. The number of aliphatic imine (C=N–C) groups is 1. The number of hydrogen-bond donors (Lipinski definition) is 1. The minimum Gasteiger partial charge on any atom is -0.383 e. The van der Waals surface area contributed by atoms with Gasteiger partial charge in [0.05, 0.1) is 6.61 Å². The Kier molecular flexibility index (Phi) is 7.78. The predicted molar refractivity (Wildman–Crippen MR) is 86.7 cm³/mol. The Morgan fingerprint density at radius 2 is 2.19 bits per heavy atom. The van der Waals surface area contributed by atoms with Gasteiger partial charge in [-0.05, 0) is 22.4 Å². The van der Waals surface area contributed by atoms with Gasteiger partial charge in [0.2, 0.25) is 5.91 Å². The molecule has 0 atom stereocenters. The Morgan fingerprint density at radius 3 is 2.76 bits per heavy atom. The van der Waals surface area contributed by atoms with Crippen LogP contribution < -0.4 is 5.32 Å². The molecule has 0 bridgehead atoms. The summed E-state index contributed by atoms with van der Waals surface area (Å²) in [5.74, 6) is 0.679. The summed E-state index contributed by atoms with van der Waals surface area (Å²) in [6, 6.07) is 2.08. The van der Waals surface area contributed by atoms with Crippen molar-refractivity contribution >= 4 is 23.2 Å². The van der Waals surface area contributed by atoms with E-state index in [1.165, 1.54) is 10.5 Å². The van der Waals surface area contributed by atoms with Gasteiger partial charge < -0.3 is 19.9 Å². The van der Waals surface area contributed by atoms with Crippen LogP contribution in [0, 0.1) is 0 Å². The smallest absolute Gasteiger partial charge is 0.243 e. The van der Waals surface area contributed by atoms with Gasteiger partial charge in [-0.2, -0.15) is 11.3 Å². The van der Waals surface area contributed by atoms with Crippen molar-refractivity contribution in [2.75, 3.05) is 47.9 Å². The van der Waals surface area contributed by atoms with E-state index in [1.54, 1.807) is 32.5 Å². The molecular weight excluding hydrogens is 288 g/mol. The third-order valence-corrected chi connectivity index (χ3v) is 3.55. The zero-order valence-electron chi connectivity index (χ0n) is 13.1. The molecular formula is C14H24N4O2S. The van der Waals surface area contributed by atoms with Gasteiger partial charge in [0, 0.05) is 41.3 Å². The molecule has 0 fully saturated rings. The molecule has 0 saturated heterocycles. The van der Waals surface area contributed by atoms with Crippen molar-refractivity contribution in [3.05, 3.63) is 22.4 Å². The molecule has 7 heteroatoms. The first-order valence-corrected chi connectivity index (χ1v) is 7.68. The number of carbonyl (C=O) groups is 1. The van der Waals surface area contributed by atoms with Crippen LogP contribution in [0.5, 0.6) is 0 Å². The highest BCUT2D eigenvalue weighted by Crippen LogP contribution is 2.08. The fraction of sp³-hybridized carbons (Fsp3) is 0.571. The number of methoxy groups -OCH3 is 1. The molecule has 1 rings (SSSR count). The first kappa shape index (κ1) is 17.5. The minimum atomic E-state index is -0.0232. The minimum absolute atomic E-state index is 0.0232. The Morgan fingerprint density at radius 1 is 1.43 bits per heavy atom. The van der Waals surface area contributed by atoms with E-state index in [-0.39, 0.29) is 12.5 Å². The molecule has 1 heterocycles. The van der Waals surface area contributed by atoms with Crippen LogP contribution in [-0.2, 0) is 16.1 Å². The molecule has 0 aromatic carbocycles. The van der Waals surface area contributed by atoms with E-state index in [0.29, 0.717) is 19.1 Å². The Balaban J connectivity index is 2.65. The number of ether oxygens (including phenoxy) is 1. The summed E-state index contributed by atoms with van der Waals surface area (Å²) in [4.78, 5) is 19.6. The van der Waals surface area contributed by atoms with Crippen LogP contribution in [0.1, 0.15) is 5.56 Å². The van der Waals surface area contributed by atoms with Gasteiger partial charge >= 0.3 is 0 Å². The molecule has 0 aliphatic rings. The number of thiophene rings is 1. The van der Waals surface area contributed by atoms with E-state index in [0.717, 1.165) is 6.54 Å². The summed E-state index contributed by atoms with van der Waals surface area (Å²) in [6.45, 7) is 2.13. The van der Waals surface area contributed by atoms with Gasteiger partial charge in [0.1, 0.15) is 6.54 Å². The summed E-state index contributed by atoms with van der Waals surface area (Å²) < 4.78 is 5.03. The maximum Gasteiger partial charge on any atom is 0.243 e. The molecule has 0 aliphatic heterocycles. The van der Waals surface area contributed by atoms with Crippen molar-refractivity contribution in [2.24, 2.45) is 4.99 Å². The van der Waals surface area contributed by atoms with Crippen LogP contribution in [0.4, 0.5) is 0 Å². The second-order valence-corrected chi connectivity index (χ2v) is 5.62. The summed E-state index contributed by atoms with van der Waals surface area (Å²) >= 11 is 1.67. The molecule has 1 aromatic rings. The number of amides is 1. The summed E-state index contributed by atoms with van der Waals surface area (Å²) in [5, 5.41) is 7.37. The third-order valence-electron chi connectivity index (χ3n) is 2.81. The number of likely N-dealkylation sites (N-methyl/N-ethyl adjacent to an activating group) is 1. The Labute approximate surface area is 130 Å². The lowest BCUT2D eigenvalue weighted by atomic mass is 10.3. The van der Waals surface area contributed by atoms with Crippen LogP contribution in [0.2, 0.25) is 0 Å². The lowest BCUT2D eigenvalue weighted by Gasteiger charge is -2.22.